The van der Waals surface area contributed by atoms with Crippen molar-refractivity contribution < 1.29 is 9.32 Å². The lowest BCUT2D eigenvalue weighted by Gasteiger charge is -2.21. The molecule has 8 nitrogen and oxygen atoms in total. The number of halogens is 1. The Kier molecular flexibility index (Phi) is 9.13. The molecular weight excluding hydrogens is 572 g/mol. The largest absolute Gasteiger partial charge is 0.356 e. The van der Waals surface area contributed by atoms with Crippen molar-refractivity contribution in [1.29, 1.82) is 0 Å². The number of hydrazone groups is 1. The number of nitrogens with two attached hydrogens (primary N) is 2. The molecule has 1 unspecified atom stereocenters. The lowest BCUT2D eigenvalue weighted by atomic mass is 9.83. The lowest BCUT2D eigenvalue weighted by molar-refractivity contribution is 0.0975. The fourth-order valence-corrected chi connectivity index (χ4v) is 5.13. The molecule has 1 aromatic heterocycles. The van der Waals surface area contributed by atoms with E-state index in [1.165, 1.54) is 5.56 Å². The van der Waals surface area contributed by atoms with Crippen molar-refractivity contribution in [2.24, 2.45) is 16.8 Å². The molecule has 6 N–H and O–H groups in total. The van der Waals surface area contributed by atoms with Gasteiger partial charge in [-0.3, -0.25) is 15.5 Å². The van der Waals surface area contributed by atoms with Crippen molar-refractivity contribution >= 4 is 23.5 Å². The highest BCUT2D eigenvalue weighted by Crippen LogP contribution is 2.34. The molecule has 44 heavy (non-hydrogen) atoms. The number of carbonyl (C=O) groups is 1. The summed E-state index contributed by atoms with van der Waals surface area (Å²) >= 11 is 6.09. The SMILES string of the molecule is CC(C)(C)c1ccc(C(Cc2ccc(C(=O)N/C(=N/N)NN)cc2)c2cc(-c3cccc(-c4ccc(Cl)cc4)c3)on2)cc1. The monoisotopic (exact) mass is 606 g/mol. The van der Waals surface area contributed by atoms with Crippen molar-refractivity contribution in [3.8, 4) is 22.5 Å². The summed E-state index contributed by atoms with van der Waals surface area (Å²) in [4.78, 5) is 12.6. The molecule has 4 aromatic carbocycles. The highest BCUT2D eigenvalue weighted by Gasteiger charge is 2.22. The van der Waals surface area contributed by atoms with Gasteiger partial charge in [0.2, 0.25) is 5.96 Å². The van der Waals surface area contributed by atoms with Crippen molar-refractivity contribution in [3.05, 3.63) is 136 Å². The number of hydrazine groups is 1. The van der Waals surface area contributed by atoms with Crippen LogP contribution in [0.15, 0.2) is 113 Å². The van der Waals surface area contributed by atoms with E-state index in [-0.39, 0.29) is 23.2 Å². The van der Waals surface area contributed by atoms with Crippen LogP contribution in [0.25, 0.3) is 22.5 Å². The second kappa shape index (κ2) is 13.2. The normalized spacial score (nSPS) is 12.5. The fraction of sp³-hybridized carbons (Fsp3) is 0.171. The fourth-order valence-electron chi connectivity index (χ4n) is 5.01. The Morgan fingerprint density at radius 2 is 1.59 bits per heavy atom. The second-order valence-electron chi connectivity index (χ2n) is 11.6. The summed E-state index contributed by atoms with van der Waals surface area (Å²) in [6, 6.07) is 34.0. The highest BCUT2D eigenvalue weighted by atomic mass is 35.5. The van der Waals surface area contributed by atoms with Gasteiger partial charge in [-0.2, -0.15) is 0 Å². The Morgan fingerprint density at radius 1 is 0.909 bits per heavy atom. The maximum Gasteiger partial charge on any atom is 0.258 e. The molecule has 9 heteroatoms. The third-order valence-corrected chi connectivity index (χ3v) is 7.79. The Balaban J connectivity index is 1.45. The van der Waals surface area contributed by atoms with Crippen LogP contribution in [0.3, 0.4) is 0 Å². The number of aromatic nitrogens is 1. The van der Waals surface area contributed by atoms with E-state index >= 15 is 0 Å². The van der Waals surface area contributed by atoms with E-state index in [1.807, 2.05) is 54.6 Å². The van der Waals surface area contributed by atoms with Crippen LogP contribution >= 0.6 is 11.6 Å². The van der Waals surface area contributed by atoms with E-state index in [2.05, 4.69) is 78.2 Å². The molecule has 0 radical (unpaired) electrons. The number of guanidine groups is 1. The van der Waals surface area contributed by atoms with Gasteiger partial charge in [0, 0.05) is 28.1 Å². The Hall–Kier alpha value is -4.92. The summed E-state index contributed by atoms with van der Waals surface area (Å²) in [5, 5.41) is 11.2. The molecule has 224 valence electrons. The van der Waals surface area contributed by atoms with Gasteiger partial charge in [-0.05, 0) is 70.0 Å². The van der Waals surface area contributed by atoms with Gasteiger partial charge in [-0.15, -0.1) is 5.10 Å². The summed E-state index contributed by atoms with van der Waals surface area (Å²) in [5.41, 5.74) is 10.00. The number of hydrogen-bond donors (Lipinski definition) is 4. The van der Waals surface area contributed by atoms with Crippen LogP contribution in [0.1, 0.15) is 59.4 Å². The van der Waals surface area contributed by atoms with Gasteiger partial charge in [0.05, 0.1) is 5.69 Å². The molecule has 5 rings (SSSR count). The molecular formula is C35H35ClN6O2. The molecule has 0 saturated heterocycles. The number of nitrogens with one attached hydrogen (secondary N) is 2. The van der Waals surface area contributed by atoms with Crippen LogP contribution in [0.2, 0.25) is 5.02 Å². The first-order valence-corrected chi connectivity index (χ1v) is 14.6. The number of carbonyl (C=O) groups excluding carboxylic acids is 1. The predicted molar refractivity (Wildman–Crippen MR) is 176 cm³/mol. The maximum absolute atomic E-state index is 12.6. The molecule has 1 amide bonds. The second-order valence-corrected chi connectivity index (χ2v) is 12.0. The first-order chi connectivity index (χ1) is 21.1. The lowest BCUT2D eigenvalue weighted by Crippen LogP contribution is -2.45. The zero-order valence-electron chi connectivity index (χ0n) is 24.8. The number of benzene rings is 4. The molecule has 0 saturated carbocycles. The van der Waals surface area contributed by atoms with Crippen LogP contribution in [0.4, 0.5) is 0 Å². The molecule has 0 spiro atoms. The number of nitrogens with zero attached hydrogens (tertiary/aromatic N) is 2. The van der Waals surface area contributed by atoms with Gasteiger partial charge in [0.25, 0.3) is 5.91 Å². The zero-order chi connectivity index (χ0) is 31.3. The Labute approximate surface area is 262 Å². The van der Waals surface area contributed by atoms with Crippen LogP contribution in [-0.4, -0.2) is 17.0 Å². The summed E-state index contributed by atoms with van der Waals surface area (Å²) in [7, 11) is 0. The summed E-state index contributed by atoms with van der Waals surface area (Å²) < 4.78 is 5.93. The third-order valence-electron chi connectivity index (χ3n) is 7.54. The van der Waals surface area contributed by atoms with Gasteiger partial charge < -0.3 is 10.4 Å². The molecule has 0 bridgehead atoms. The van der Waals surface area contributed by atoms with Crippen LogP contribution in [-0.2, 0) is 11.8 Å². The van der Waals surface area contributed by atoms with E-state index < -0.39 is 0 Å². The Bertz CT molecular complexity index is 1760. The molecule has 1 atom stereocenters. The number of hydrogen-bond acceptors (Lipinski definition) is 6. The van der Waals surface area contributed by atoms with Crippen molar-refractivity contribution in [2.45, 2.75) is 38.5 Å². The zero-order valence-corrected chi connectivity index (χ0v) is 25.6. The molecule has 0 aliphatic carbocycles. The molecule has 0 fully saturated rings. The molecule has 5 aromatic rings. The van der Waals surface area contributed by atoms with Crippen LogP contribution in [0, 0.1) is 0 Å². The quantitative estimate of drug-likeness (QED) is 0.0701. The topological polar surface area (TPSA) is 132 Å². The number of rotatable bonds is 7. The van der Waals surface area contributed by atoms with Gasteiger partial charge in [0.15, 0.2) is 5.76 Å². The minimum absolute atomic E-state index is 0.0293. The van der Waals surface area contributed by atoms with Crippen LogP contribution in [0.5, 0.6) is 0 Å². The van der Waals surface area contributed by atoms with Gasteiger partial charge in [-0.1, -0.05) is 104 Å². The van der Waals surface area contributed by atoms with Gasteiger partial charge in [0.1, 0.15) is 0 Å². The average Bonchev–Trinajstić information content (AvgIpc) is 3.53. The van der Waals surface area contributed by atoms with Gasteiger partial charge in [-0.25, -0.2) is 5.84 Å². The minimum Gasteiger partial charge on any atom is -0.356 e. The summed E-state index contributed by atoms with van der Waals surface area (Å²) in [5.74, 6) is 10.7. The maximum atomic E-state index is 12.6. The standard InChI is InChI=1S/C35H35ClN6O2/c1-35(2,3)28-15-11-24(12-16-28)30(19-22-7-9-25(10-8-22)33(43)39-34(40-37)41-38)31-21-32(44-42-31)27-6-4-5-26(20-27)23-13-17-29(36)18-14-23/h4-18,20-21,30H,19,37-38H2,1-3H3,(H2,39,40,41,43). The molecule has 0 aliphatic heterocycles. The minimum atomic E-state index is -0.380. The van der Waals surface area contributed by atoms with Crippen molar-refractivity contribution in [1.82, 2.24) is 15.9 Å². The number of amides is 1. The summed E-state index contributed by atoms with van der Waals surface area (Å²) in [6.07, 6.45) is 0.646. The van der Waals surface area contributed by atoms with Crippen molar-refractivity contribution in [3.63, 3.8) is 0 Å². The van der Waals surface area contributed by atoms with E-state index in [4.69, 9.17) is 27.8 Å². The predicted octanol–water partition coefficient (Wildman–Crippen LogP) is 6.76. The smallest absolute Gasteiger partial charge is 0.258 e. The van der Waals surface area contributed by atoms with E-state index in [9.17, 15) is 4.79 Å². The third kappa shape index (κ3) is 7.16. The van der Waals surface area contributed by atoms with Gasteiger partial charge >= 0.3 is 0 Å². The van der Waals surface area contributed by atoms with E-state index in [1.54, 1.807) is 12.1 Å². The highest BCUT2D eigenvalue weighted by molar-refractivity contribution is 6.30. The average molecular weight is 607 g/mol. The van der Waals surface area contributed by atoms with Crippen molar-refractivity contribution in [2.75, 3.05) is 0 Å². The molecule has 1 heterocycles. The van der Waals surface area contributed by atoms with E-state index in [0.29, 0.717) is 22.8 Å². The summed E-state index contributed by atoms with van der Waals surface area (Å²) in [6.45, 7) is 6.60. The Morgan fingerprint density at radius 3 is 2.23 bits per heavy atom. The first-order valence-electron chi connectivity index (χ1n) is 14.2. The van der Waals surface area contributed by atoms with Crippen LogP contribution < -0.4 is 22.4 Å². The van der Waals surface area contributed by atoms with E-state index in [0.717, 1.165) is 33.5 Å². The first kappa shape index (κ1) is 30.5. The molecule has 0 aliphatic rings.